The number of carbonyl (C=O) groups is 1. The second-order valence-corrected chi connectivity index (χ2v) is 6.61. The predicted octanol–water partition coefficient (Wildman–Crippen LogP) is 3.04. The van der Waals surface area contributed by atoms with Gasteiger partial charge in [-0.1, -0.05) is 12.1 Å². The second kappa shape index (κ2) is 7.15. The summed E-state index contributed by atoms with van der Waals surface area (Å²) in [5.74, 6) is 0.764. The highest BCUT2D eigenvalue weighted by atomic mass is 16.5. The first kappa shape index (κ1) is 17.9. The first-order chi connectivity index (χ1) is 12.4. The molecule has 6 heteroatoms. The van der Waals surface area contributed by atoms with Gasteiger partial charge in [-0.2, -0.15) is 5.10 Å². The number of hydrogen-bond acceptors (Lipinski definition) is 4. The molecule has 2 aromatic heterocycles. The number of pyridine rings is 1. The lowest BCUT2D eigenvalue weighted by atomic mass is 10.1. The third kappa shape index (κ3) is 3.54. The van der Waals surface area contributed by atoms with Gasteiger partial charge >= 0.3 is 0 Å². The quantitative estimate of drug-likeness (QED) is 0.708. The van der Waals surface area contributed by atoms with Crippen LogP contribution in [-0.2, 0) is 7.05 Å². The largest absolute Gasteiger partial charge is 0.492 e. The number of carbonyl (C=O) groups excluding carboxylic acids is 1. The number of fused-ring (bicyclic) bond motifs is 1. The van der Waals surface area contributed by atoms with Crippen molar-refractivity contribution < 1.29 is 9.53 Å². The van der Waals surface area contributed by atoms with Gasteiger partial charge in [-0.15, -0.1) is 0 Å². The van der Waals surface area contributed by atoms with Crippen molar-refractivity contribution in [1.29, 1.82) is 0 Å². The van der Waals surface area contributed by atoms with E-state index in [4.69, 9.17) is 4.74 Å². The van der Waals surface area contributed by atoms with Crippen LogP contribution in [0, 0.1) is 20.8 Å². The molecule has 0 saturated heterocycles. The molecule has 0 aliphatic heterocycles. The van der Waals surface area contributed by atoms with Crippen molar-refractivity contribution in [3.63, 3.8) is 0 Å². The van der Waals surface area contributed by atoms with E-state index in [1.165, 1.54) is 0 Å². The van der Waals surface area contributed by atoms with Crippen molar-refractivity contribution in [3.8, 4) is 5.75 Å². The van der Waals surface area contributed by atoms with Crippen LogP contribution in [0.25, 0.3) is 11.0 Å². The van der Waals surface area contributed by atoms with E-state index >= 15 is 0 Å². The lowest BCUT2D eigenvalue weighted by molar-refractivity contribution is 0.0775. The summed E-state index contributed by atoms with van der Waals surface area (Å²) in [6.45, 7) is 6.74. The average Bonchev–Trinajstić information content (AvgIpc) is 2.87. The number of likely N-dealkylation sites (N-methyl/N-ethyl adjacent to an activating group) is 1. The summed E-state index contributed by atoms with van der Waals surface area (Å²) in [6.07, 6.45) is 0. The maximum Gasteiger partial charge on any atom is 0.254 e. The maximum absolute atomic E-state index is 13.0. The zero-order chi connectivity index (χ0) is 18.8. The van der Waals surface area contributed by atoms with Crippen LogP contribution in [-0.4, -0.2) is 45.8 Å². The Bertz CT molecular complexity index is 962. The molecule has 0 saturated carbocycles. The Morgan fingerprint density at radius 2 is 2.00 bits per heavy atom. The number of amides is 1. The summed E-state index contributed by atoms with van der Waals surface area (Å²) >= 11 is 0. The third-order valence-electron chi connectivity index (χ3n) is 4.36. The Kier molecular flexibility index (Phi) is 4.93. The van der Waals surface area contributed by atoms with Crippen molar-refractivity contribution in [2.45, 2.75) is 20.8 Å². The molecule has 0 fully saturated rings. The van der Waals surface area contributed by atoms with E-state index in [0.717, 1.165) is 33.7 Å². The van der Waals surface area contributed by atoms with E-state index in [0.29, 0.717) is 18.7 Å². The smallest absolute Gasteiger partial charge is 0.254 e. The Balaban J connectivity index is 1.75. The van der Waals surface area contributed by atoms with Crippen LogP contribution in [0.4, 0.5) is 0 Å². The van der Waals surface area contributed by atoms with Crippen molar-refractivity contribution in [2.75, 3.05) is 20.2 Å². The van der Waals surface area contributed by atoms with Gasteiger partial charge < -0.3 is 9.64 Å². The topological polar surface area (TPSA) is 60.2 Å². The third-order valence-corrected chi connectivity index (χ3v) is 4.36. The monoisotopic (exact) mass is 352 g/mol. The predicted molar refractivity (Wildman–Crippen MR) is 102 cm³/mol. The van der Waals surface area contributed by atoms with Gasteiger partial charge in [-0.3, -0.25) is 9.48 Å². The molecule has 0 spiro atoms. The van der Waals surface area contributed by atoms with Crippen LogP contribution in [0.5, 0.6) is 5.75 Å². The molecule has 0 atom stereocenters. The molecule has 0 aliphatic carbocycles. The van der Waals surface area contributed by atoms with E-state index in [1.807, 2.05) is 58.2 Å². The molecule has 2 heterocycles. The van der Waals surface area contributed by atoms with E-state index in [9.17, 15) is 4.79 Å². The first-order valence-electron chi connectivity index (χ1n) is 8.62. The van der Waals surface area contributed by atoms with Gasteiger partial charge in [0, 0.05) is 19.8 Å². The molecular weight excluding hydrogens is 328 g/mol. The minimum Gasteiger partial charge on any atom is -0.492 e. The summed E-state index contributed by atoms with van der Waals surface area (Å²) in [6, 6.07) is 9.72. The minimum atomic E-state index is -0.0514. The zero-order valence-corrected chi connectivity index (χ0v) is 15.9. The summed E-state index contributed by atoms with van der Waals surface area (Å²) in [4.78, 5) is 19.2. The van der Waals surface area contributed by atoms with E-state index < -0.39 is 0 Å². The summed E-state index contributed by atoms with van der Waals surface area (Å²) < 4.78 is 7.48. The van der Waals surface area contributed by atoms with Crippen molar-refractivity contribution in [1.82, 2.24) is 19.7 Å². The van der Waals surface area contributed by atoms with Crippen LogP contribution < -0.4 is 4.74 Å². The van der Waals surface area contributed by atoms with Crippen LogP contribution >= 0.6 is 0 Å². The van der Waals surface area contributed by atoms with Gasteiger partial charge in [0.1, 0.15) is 12.4 Å². The molecule has 0 aliphatic rings. The molecule has 0 bridgehead atoms. The maximum atomic E-state index is 13.0. The molecule has 6 nitrogen and oxygen atoms in total. The summed E-state index contributed by atoms with van der Waals surface area (Å²) in [5, 5.41) is 5.22. The normalized spacial score (nSPS) is 11.0. The lowest BCUT2D eigenvalue weighted by Gasteiger charge is -2.18. The summed E-state index contributed by atoms with van der Waals surface area (Å²) in [5.41, 5.74) is 4.12. The average molecular weight is 352 g/mol. The zero-order valence-electron chi connectivity index (χ0n) is 15.9. The molecular formula is C20H24N4O2. The first-order valence-corrected chi connectivity index (χ1v) is 8.62. The Hall–Kier alpha value is -2.89. The molecule has 3 aromatic rings. The van der Waals surface area contributed by atoms with Crippen molar-refractivity contribution in [2.24, 2.45) is 7.05 Å². The van der Waals surface area contributed by atoms with Crippen LogP contribution in [0.15, 0.2) is 30.3 Å². The van der Waals surface area contributed by atoms with Crippen LogP contribution in [0.3, 0.4) is 0 Å². The lowest BCUT2D eigenvalue weighted by Crippen LogP contribution is -2.31. The molecule has 0 N–H and O–H groups in total. The SMILES string of the molecule is Cc1cccc(OCCN(C)C(=O)c2cc(C)nc3c2c(C)nn3C)c1. The van der Waals surface area contributed by atoms with Gasteiger partial charge in [-0.25, -0.2) is 4.98 Å². The number of rotatable bonds is 5. The summed E-state index contributed by atoms with van der Waals surface area (Å²) in [7, 11) is 3.63. The fraction of sp³-hybridized carbons (Fsp3) is 0.350. The molecule has 26 heavy (non-hydrogen) atoms. The Morgan fingerprint density at radius 3 is 2.73 bits per heavy atom. The molecule has 1 amide bonds. The highest BCUT2D eigenvalue weighted by Crippen LogP contribution is 2.22. The number of aromatic nitrogens is 3. The van der Waals surface area contributed by atoms with Gasteiger partial charge in [0.05, 0.1) is 23.2 Å². The van der Waals surface area contributed by atoms with E-state index in [-0.39, 0.29) is 5.91 Å². The van der Waals surface area contributed by atoms with E-state index in [1.54, 1.807) is 16.6 Å². The highest BCUT2D eigenvalue weighted by molar-refractivity contribution is 6.06. The van der Waals surface area contributed by atoms with Crippen LogP contribution in [0.2, 0.25) is 0 Å². The fourth-order valence-electron chi connectivity index (χ4n) is 3.05. The van der Waals surface area contributed by atoms with Crippen molar-refractivity contribution in [3.05, 3.63) is 52.8 Å². The molecule has 136 valence electrons. The van der Waals surface area contributed by atoms with E-state index in [2.05, 4.69) is 10.1 Å². The standard InChI is InChI=1S/C20H24N4O2/c1-13-7-6-8-16(11-13)26-10-9-23(4)20(25)17-12-14(2)21-19-18(17)15(3)22-24(19)5/h6-8,11-12H,9-10H2,1-5H3. The number of aryl methyl sites for hydroxylation is 4. The molecule has 1 aromatic carbocycles. The molecule has 3 rings (SSSR count). The fourth-order valence-corrected chi connectivity index (χ4v) is 3.05. The van der Waals surface area contributed by atoms with Gasteiger partial charge in [0.15, 0.2) is 5.65 Å². The number of benzene rings is 1. The van der Waals surface area contributed by atoms with Gasteiger partial charge in [0.25, 0.3) is 5.91 Å². The molecule has 0 radical (unpaired) electrons. The number of nitrogens with zero attached hydrogens (tertiary/aromatic N) is 4. The van der Waals surface area contributed by atoms with Crippen LogP contribution in [0.1, 0.15) is 27.3 Å². The van der Waals surface area contributed by atoms with Gasteiger partial charge in [-0.05, 0) is 44.5 Å². The second-order valence-electron chi connectivity index (χ2n) is 6.61. The number of hydrogen-bond donors (Lipinski definition) is 0. The number of ether oxygens (including phenoxy) is 1. The minimum absolute atomic E-state index is 0.0514. The Morgan fingerprint density at radius 1 is 1.23 bits per heavy atom. The Labute approximate surface area is 153 Å². The van der Waals surface area contributed by atoms with Crippen molar-refractivity contribution >= 4 is 16.9 Å². The molecule has 0 unspecified atom stereocenters. The highest BCUT2D eigenvalue weighted by Gasteiger charge is 2.20. The van der Waals surface area contributed by atoms with Gasteiger partial charge in [0.2, 0.25) is 0 Å².